The average molecular weight is 292 g/mol. The minimum absolute atomic E-state index is 0.748. The van der Waals surface area contributed by atoms with E-state index in [1.165, 1.54) is 21.9 Å². The van der Waals surface area contributed by atoms with Crippen LogP contribution in [-0.4, -0.2) is 6.21 Å². The van der Waals surface area contributed by atoms with Crippen molar-refractivity contribution in [3.05, 3.63) is 76.3 Å². The van der Waals surface area contributed by atoms with Gasteiger partial charge in [-0.3, -0.25) is 4.99 Å². The molecule has 0 bridgehead atoms. The summed E-state index contributed by atoms with van der Waals surface area (Å²) >= 11 is 5.90. The number of halogens is 1. The second-order valence-corrected chi connectivity index (χ2v) is 5.83. The van der Waals surface area contributed by atoms with Crippen LogP contribution in [0.25, 0.3) is 10.8 Å². The van der Waals surface area contributed by atoms with Crippen molar-refractivity contribution in [1.29, 1.82) is 0 Å². The Kier molecular flexibility index (Phi) is 3.01. The van der Waals surface area contributed by atoms with Gasteiger partial charge in [-0.05, 0) is 53.1 Å². The normalized spacial score (nSPS) is 13.4. The maximum atomic E-state index is 5.90. The second kappa shape index (κ2) is 5.01. The van der Waals surface area contributed by atoms with Crippen molar-refractivity contribution in [2.75, 3.05) is 0 Å². The fourth-order valence-electron chi connectivity index (χ4n) is 3.04. The fraction of sp³-hybridized carbons (Fsp3) is 0.105. The zero-order chi connectivity index (χ0) is 14.2. The summed E-state index contributed by atoms with van der Waals surface area (Å²) in [5.74, 6) is 0. The largest absolute Gasteiger partial charge is 0.256 e. The number of aryl methyl sites for hydroxylation is 2. The summed E-state index contributed by atoms with van der Waals surface area (Å²) in [6, 6.07) is 18.6. The molecule has 0 saturated carbocycles. The summed E-state index contributed by atoms with van der Waals surface area (Å²) in [6.07, 6.45) is 4.20. The number of nitrogens with zero attached hydrogens (tertiary/aromatic N) is 1. The molecule has 3 aromatic carbocycles. The number of aliphatic imine (C=N–C) groups is 1. The van der Waals surface area contributed by atoms with Crippen molar-refractivity contribution >= 4 is 34.3 Å². The maximum absolute atomic E-state index is 5.90. The molecule has 0 fully saturated rings. The summed E-state index contributed by atoms with van der Waals surface area (Å²) in [7, 11) is 0. The number of hydrogen-bond donors (Lipinski definition) is 0. The third-order valence-electron chi connectivity index (χ3n) is 4.08. The molecule has 21 heavy (non-hydrogen) atoms. The molecule has 102 valence electrons. The van der Waals surface area contributed by atoms with Crippen LogP contribution in [0, 0.1) is 0 Å². The van der Waals surface area contributed by atoms with Crippen molar-refractivity contribution < 1.29 is 0 Å². The summed E-state index contributed by atoms with van der Waals surface area (Å²) in [5.41, 5.74) is 4.99. The van der Waals surface area contributed by atoms with Crippen molar-refractivity contribution in [1.82, 2.24) is 0 Å². The molecule has 1 aliphatic carbocycles. The van der Waals surface area contributed by atoms with Gasteiger partial charge in [-0.2, -0.15) is 0 Å². The molecule has 0 N–H and O–H groups in total. The van der Waals surface area contributed by atoms with Gasteiger partial charge < -0.3 is 0 Å². The summed E-state index contributed by atoms with van der Waals surface area (Å²) in [4.78, 5) is 4.68. The van der Waals surface area contributed by atoms with E-state index < -0.39 is 0 Å². The van der Waals surface area contributed by atoms with Gasteiger partial charge in [-0.25, -0.2) is 0 Å². The Morgan fingerprint density at radius 2 is 1.62 bits per heavy atom. The van der Waals surface area contributed by atoms with Gasteiger partial charge in [-0.15, -0.1) is 0 Å². The van der Waals surface area contributed by atoms with E-state index in [9.17, 15) is 0 Å². The first-order valence-corrected chi connectivity index (χ1v) is 7.52. The van der Waals surface area contributed by atoms with Gasteiger partial charge in [0.25, 0.3) is 0 Å². The van der Waals surface area contributed by atoms with Crippen LogP contribution in [-0.2, 0) is 12.8 Å². The van der Waals surface area contributed by atoms with Gasteiger partial charge in [0.05, 0.1) is 5.69 Å². The van der Waals surface area contributed by atoms with Crippen LogP contribution in [0.15, 0.2) is 59.6 Å². The van der Waals surface area contributed by atoms with Crippen LogP contribution < -0.4 is 0 Å². The fourth-order valence-corrected chi connectivity index (χ4v) is 3.16. The van der Waals surface area contributed by atoms with Gasteiger partial charge in [-0.1, -0.05) is 48.0 Å². The molecule has 1 aliphatic rings. The van der Waals surface area contributed by atoms with Gasteiger partial charge in [0.1, 0.15) is 0 Å². The minimum atomic E-state index is 0.748. The first kappa shape index (κ1) is 12.6. The third-order valence-corrected chi connectivity index (χ3v) is 4.33. The minimum Gasteiger partial charge on any atom is -0.256 e. The zero-order valence-corrected chi connectivity index (χ0v) is 12.3. The lowest BCUT2D eigenvalue weighted by Gasteiger charge is -2.05. The molecule has 0 saturated heterocycles. The predicted molar refractivity (Wildman–Crippen MR) is 90.1 cm³/mol. The van der Waals surface area contributed by atoms with E-state index >= 15 is 0 Å². The van der Waals surface area contributed by atoms with E-state index in [0.29, 0.717) is 0 Å². The standard InChI is InChI=1S/C19H14ClN/c20-16-9-4-13(5-10-16)12-21-18-11-8-15-7-6-14-2-1-3-17(18)19(14)15/h1-5,8-12H,6-7H2. The van der Waals surface area contributed by atoms with Crippen LogP contribution in [0.5, 0.6) is 0 Å². The second-order valence-electron chi connectivity index (χ2n) is 5.39. The molecular weight excluding hydrogens is 278 g/mol. The molecule has 0 atom stereocenters. The lowest BCUT2D eigenvalue weighted by Crippen LogP contribution is -1.82. The molecule has 0 aromatic heterocycles. The summed E-state index contributed by atoms with van der Waals surface area (Å²) < 4.78 is 0. The van der Waals surface area contributed by atoms with Crippen LogP contribution in [0.4, 0.5) is 5.69 Å². The van der Waals surface area contributed by atoms with Crippen molar-refractivity contribution in [3.8, 4) is 0 Å². The molecule has 0 aliphatic heterocycles. The Morgan fingerprint density at radius 3 is 2.43 bits per heavy atom. The molecule has 0 unspecified atom stereocenters. The molecule has 0 radical (unpaired) electrons. The van der Waals surface area contributed by atoms with Crippen LogP contribution in [0.2, 0.25) is 5.02 Å². The summed E-state index contributed by atoms with van der Waals surface area (Å²) in [6.45, 7) is 0. The van der Waals surface area contributed by atoms with Crippen LogP contribution in [0.1, 0.15) is 16.7 Å². The van der Waals surface area contributed by atoms with Gasteiger partial charge in [0, 0.05) is 16.6 Å². The van der Waals surface area contributed by atoms with E-state index in [1.54, 1.807) is 0 Å². The molecule has 0 spiro atoms. The highest BCUT2D eigenvalue weighted by Gasteiger charge is 2.15. The molecular formula is C19H14ClN. The first-order valence-electron chi connectivity index (χ1n) is 7.14. The highest BCUT2D eigenvalue weighted by atomic mass is 35.5. The molecule has 0 amide bonds. The van der Waals surface area contributed by atoms with Crippen LogP contribution >= 0.6 is 11.6 Å². The Bertz CT molecular complexity index is 837. The lowest BCUT2D eigenvalue weighted by atomic mass is 10.0. The zero-order valence-electron chi connectivity index (χ0n) is 11.5. The van der Waals surface area contributed by atoms with E-state index in [4.69, 9.17) is 11.6 Å². The van der Waals surface area contributed by atoms with Gasteiger partial charge >= 0.3 is 0 Å². The number of hydrogen-bond acceptors (Lipinski definition) is 1. The van der Waals surface area contributed by atoms with Gasteiger partial charge in [0.15, 0.2) is 0 Å². The third kappa shape index (κ3) is 2.24. The smallest absolute Gasteiger partial charge is 0.0708 e. The molecule has 1 nitrogen and oxygen atoms in total. The Labute approximate surface area is 128 Å². The molecule has 3 aromatic rings. The van der Waals surface area contributed by atoms with E-state index in [0.717, 1.165) is 29.1 Å². The quantitative estimate of drug-likeness (QED) is 0.565. The Morgan fingerprint density at radius 1 is 0.857 bits per heavy atom. The summed E-state index contributed by atoms with van der Waals surface area (Å²) in [5, 5.41) is 3.41. The number of benzene rings is 3. The molecule has 0 heterocycles. The van der Waals surface area contributed by atoms with E-state index in [1.807, 2.05) is 30.5 Å². The SMILES string of the molecule is Clc1ccc(C=Nc2ccc3c4c(cccc24)CC3)cc1. The molecule has 2 heteroatoms. The first-order chi connectivity index (χ1) is 10.3. The van der Waals surface area contributed by atoms with Crippen molar-refractivity contribution in [2.24, 2.45) is 4.99 Å². The Balaban J connectivity index is 1.79. The van der Waals surface area contributed by atoms with E-state index in [2.05, 4.69) is 35.3 Å². The van der Waals surface area contributed by atoms with Crippen LogP contribution in [0.3, 0.4) is 0 Å². The van der Waals surface area contributed by atoms with Crippen molar-refractivity contribution in [2.45, 2.75) is 12.8 Å². The predicted octanol–water partition coefficient (Wildman–Crippen LogP) is 5.34. The lowest BCUT2D eigenvalue weighted by molar-refractivity contribution is 1.02. The maximum Gasteiger partial charge on any atom is 0.0708 e. The number of rotatable bonds is 2. The highest BCUT2D eigenvalue weighted by molar-refractivity contribution is 6.30. The van der Waals surface area contributed by atoms with E-state index in [-0.39, 0.29) is 0 Å². The van der Waals surface area contributed by atoms with Crippen molar-refractivity contribution in [3.63, 3.8) is 0 Å². The van der Waals surface area contributed by atoms with Gasteiger partial charge in [0.2, 0.25) is 0 Å². The highest BCUT2D eigenvalue weighted by Crippen LogP contribution is 2.36. The topological polar surface area (TPSA) is 12.4 Å². The Hall–Kier alpha value is -2.12. The average Bonchev–Trinajstić information content (AvgIpc) is 2.94. The molecule has 4 rings (SSSR count). The monoisotopic (exact) mass is 291 g/mol.